The highest BCUT2D eigenvalue weighted by Gasteiger charge is 2.31. The Bertz CT molecular complexity index is 1410. The van der Waals surface area contributed by atoms with Gasteiger partial charge in [-0.3, -0.25) is 9.69 Å². The van der Waals surface area contributed by atoms with Gasteiger partial charge in [-0.15, -0.1) is 0 Å². The Kier molecular flexibility index (Phi) is 6.08. The van der Waals surface area contributed by atoms with E-state index in [9.17, 15) is 18.0 Å². The molecule has 1 fully saturated rings. The number of aromatic amines is 1. The number of fused-ring (bicyclic) bond motifs is 1. The molecule has 4 N–H and O–H groups in total. The molecule has 1 saturated heterocycles. The number of nitrogen functional groups attached to an aromatic ring is 1. The molecule has 0 unspecified atom stereocenters. The van der Waals surface area contributed by atoms with Crippen molar-refractivity contribution in [1.82, 2.24) is 35.3 Å². The zero-order chi connectivity index (χ0) is 25.4. The van der Waals surface area contributed by atoms with Crippen LogP contribution in [0.1, 0.15) is 53.2 Å². The number of imidazole rings is 1. The molecule has 3 aromatic heterocycles. The second kappa shape index (κ2) is 9.22. The maximum atomic E-state index is 13.0. The van der Waals surface area contributed by atoms with Gasteiger partial charge in [0.15, 0.2) is 11.6 Å². The highest BCUT2D eigenvalue weighted by atomic mass is 19.4. The van der Waals surface area contributed by atoms with Gasteiger partial charge in [0.25, 0.3) is 5.91 Å². The summed E-state index contributed by atoms with van der Waals surface area (Å²) in [6, 6.07) is 4.22. The first-order chi connectivity index (χ1) is 17.2. The van der Waals surface area contributed by atoms with E-state index in [4.69, 9.17) is 10.3 Å². The number of aromatic nitrogens is 5. The molecule has 0 bridgehead atoms. The van der Waals surface area contributed by atoms with Crippen molar-refractivity contribution in [2.24, 2.45) is 0 Å². The number of nitrogens with one attached hydrogen (secondary N) is 2. The SMILES string of the molecule is C[C@@H](NC(=O)c1ncnc(N)c1CN1CCCC1)c1cc(-c2nc3ccc(C(F)(F)F)cc3[nH]2)no1. The second-order valence-electron chi connectivity index (χ2n) is 8.69. The normalized spacial score (nSPS) is 15.4. The maximum absolute atomic E-state index is 13.0. The van der Waals surface area contributed by atoms with Crippen molar-refractivity contribution in [3.63, 3.8) is 0 Å². The molecule has 1 aliphatic heterocycles. The Balaban J connectivity index is 1.33. The van der Waals surface area contributed by atoms with Gasteiger partial charge in [0, 0.05) is 18.2 Å². The van der Waals surface area contributed by atoms with Gasteiger partial charge in [-0.1, -0.05) is 5.16 Å². The largest absolute Gasteiger partial charge is 0.416 e. The average Bonchev–Trinajstić information content (AvgIpc) is 3.59. The molecule has 10 nitrogen and oxygen atoms in total. The molecule has 5 rings (SSSR count). The predicted octanol–water partition coefficient (Wildman–Crippen LogP) is 3.70. The van der Waals surface area contributed by atoms with Gasteiger partial charge in [-0.25, -0.2) is 15.0 Å². The fourth-order valence-corrected chi connectivity index (χ4v) is 4.19. The predicted molar refractivity (Wildman–Crippen MR) is 123 cm³/mol. The van der Waals surface area contributed by atoms with E-state index in [1.807, 2.05) is 0 Å². The van der Waals surface area contributed by atoms with Crippen LogP contribution in [0.2, 0.25) is 0 Å². The van der Waals surface area contributed by atoms with Crippen LogP contribution in [-0.4, -0.2) is 49.0 Å². The number of carbonyl (C=O) groups excluding carboxylic acids is 1. The third-order valence-corrected chi connectivity index (χ3v) is 6.13. The van der Waals surface area contributed by atoms with Crippen molar-refractivity contribution in [2.45, 2.75) is 38.5 Å². The monoisotopic (exact) mass is 500 g/mol. The summed E-state index contributed by atoms with van der Waals surface area (Å²) in [5.74, 6) is 0.398. The zero-order valence-electron chi connectivity index (χ0n) is 19.3. The third kappa shape index (κ3) is 4.73. The lowest BCUT2D eigenvalue weighted by molar-refractivity contribution is -0.137. The Labute approximate surface area is 203 Å². The molecule has 1 atom stereocenters. The van der Waals surface area contributed by atoms with Crippen LogP contribution in [0.5, 0.6) is 0 Å². The van der Waals surface area contributed by atoms with Gasteiger partial charge in [0.05, 0.1) is 22.6 Å². The first kappa shape index (κ1) is 23.7. The number of halogens is 3. The number of amides is 1. The molecule has 4 aromatic rings. The molecule has 188 valence electrons. The van der Waals surface area contributed by atoms with Crippen LogP contribution in [-0.2, 0) is 12.7 Å². The molecule has 1 aromatic carbocycles. The van der Waals surface area contributed by atoms with Crippen LogP contribution >= 0.6 is 0 Å². The number of benzene rings is 1. The number of alkyl halides is 3. The first-order valence-corrected chi connectivity index (χ1v) is 11.4. The smallest absolute Gasteiger partial charge is 0.383 e. The quantitative estimate of drug-likeness (QED) is 0.364. The van der Waals surface area contributed by atoms with E-state index in [0.29, 0.717) is 23.4 Å². The van der Waals surface area contributed by atoms with Gasteiger partial charge < -0.3 is 20.6 Å². The summed E-state index contributed by atoms with van der Waals surface area (Å²) in [6.07, 6.45) is -1.03. The van der Waals surface area contributed by atoms with E-state index in [2.05, 4.69) is 35.3 Å². The van der Waals surface area contributed by atoms with Crippen molar-refractivity contribution in [2.75, 3.05) is 18.8 Å². The Morgan fingerprint density at radius 1 is 1.25 bits per heavy atom. The molecule has 4 heterocycles. The molecular weight excluding hydrogens is 477 g/mol. The van der Waals surface area contributed by atoms with Gasteiger partial charge in [-0.2, -0.15) is 13.2 Å². The summed E-state index contributed by atoms with van der Waals surface area (Å²) in [7, 11) is 0. The maximum Gasteiger partial charge on any atom is 0.416 e. The van der Waals surface area contributed by atoms with Crippen molar-refractivity contribution >= 4 is 22.8 Å². The molecule has 0 saturated carbocycles. The highest BCUT2D eigenvalue weighted by Crippen LogP contribution is 2.32. The molecule has 1 amide bonds. The number of rotatable bonds is 6. The van der Waals surface area contributed by atoms with Gasteiger partial charge in [0.2, 0.25) is 0 Å². The third-order valence-electron chi connectivity index (χ3n) is 6.13. The Morgan fingerprint density at radius 3 is 2.78 bits per heavy atom. The van der Waals surface area contributed by atoms with E-state index in [-0.39, 0.29) is 28.5 Å². The standard InChI is InChI=1S/C23H23F3N8O2/c1-12(30-22(35)19-14(20(27)29-11-28-19)10-34-6-2-3-7-34)18-9-17(33-36-18)21-31-15-5-4-13(23(24,25)26)8-16(15)32-21/h4-5,8-9,11-12H,2-3,6-7,10H2,1H3,(H,30,35)(H,31,32)(H2,27,28,29)/t12-/m1/s1. The van der Waals surface area contributed by atoms with Crippen LogP contribution in [0.3, 0.4) is 0 Å². The van der Waals surface area contributed by atoms with Crippen LogP contribution in [0.25, 0.3) is 22.6 Å². The zero-order valence-corrected chi connectivity index (χ0v) is 19.3. The molecule has 36 heavy (non-hydrogen) atoms. The summed E-state index contributed by atoms with van der Waals surface area (Å²) in [4.78, 5) is 30.5. The Morgan fingerprint density at radius 2 is 2.03 bits per heavy atom. The minimum absolute atomic E-state index is 0.193. The highest BCUT2D eigenvalue weighted by molar-refractivity contribution is 5.94. The molecule has 0 radical (unpaired) electrons. The lowest BCUT2D eigenvalue weighted by Gasteiger charge is -2.18. The van der Waals surface area contributed by atoms with E-state index in [1.165, 1.54) is 12.4 Å². The summed E-state index contributed by atoms with van der Waals surface area (Å²) in [5, 5.41) is 6.79. The van der Waals surface area contributed by atoms with Crippen molar-refractivity contribution < 1.29 is 22.5 Å². The van der Waals surface area contributed by atoms with Crippen LogP contribution in [0.15, 0.2) is 35.1 Å². The number of likely N-dealkylation sites (tertiary alicyclic amines) is 1. The number of nitrogens with two attached hydrogens (primary N) is 1. The fourth-order valence-electron chi connectivity index (χ4n) is 4.19. The van der Waals surface area contributed by atoms with Gasteiger partial charge in [0.1, 0.15) is 23.5 Å². The molecular formula is C23H23F3N8O2. The van der Waals surface area contributed by atoms with Gasteiger partial charge >= 0.3 is 6.18 Å². The lowest BCUT2D eigenvalue weighted by atomic mass is 10.1. The van der Waals surface area contributed by atoms with E-state index in [1.54, 1.807) is 13.0 Å². The first-order valence-electron chi connectivity index (χ1n) is 11.4. The topological polar surface area (TPSA) is 139 Å². The summed E-state index contributed by atoms with van der Waals surface area (Å²) in [6.45, 7) is 4.04. The van der Waals surface area contributed by atoms with Crippen LogP contribution in [0, 0.1) is 0 Å². The number of anilines is 1. The molecule has 13 heteroatoms. The van der Waals surface area contributed by atoms with Crippen LogP contribution < -0.4 is 11.1 Å². The van der Waals surface area contributed by atoms with Crippen molar-refractivity contribution in [3.8, 4) is 11.5 Å². The van der Waals surface area contributed by atoms with E-state index < -0.39 is 23.7 Å². The Hall–Kier alpha value is -4.00. The van der Waals surface area contributed by atoms with Crippen LogP contribution in [0.4, 0.5) is 19.0 Å². The molecule has 0 spiro atoms. The lowest BCUT2D eigenvalue weighted by Crippen LogP contribution is -2.30. The van der Waals surface area contributed by atoms with E-state index >= 15 is 0 Å². The van der Waals surface area contributed by atoms with E-state index in [0.717, 1.165) is 38.1 Å². The summed E-state index contributed by atoms with van der Waals surface area (Å²) >= 11 is 0. The number of hydrogen-bond acceptors (Lipinski definition) is 8. The van der Waals surface area contributed by atoms with Crippen molar-refractivity contribution in [3.05, 3.63) is 53.2 Å². The average molecular weight is 500 g/mol. The van der Waals surface area contributed by atoms with Gasteiger partial charge in [-0.05, 0) is 51.1 Å². The second-order valence-corrected chi connectivity index (χ2v) is 8.69. The molecule has 1 aliphatic rings. The van der Waals surface area contributed by atoms with Crippen molar-refractivity contribution in [1.29, 1.82) is 0 Å². The molecule has 0 aliphatic carbocycles. The number of nitrogens with zero attached hydrogens (tertiary/aromatic N) is 5. The number of H-pyrrole nitrogens is 1. The summed E-state index contributed by atoms with van der Waals surface area (Å²) in [5.41, 5.74) is 6.90. The minimum atomic E-state index is -4.46. The number of carbonyl (C=O) groups is 1. The fraction of sp³-hybridized carbons (Fsp3) is 0.348. The summed E-state index contributed by atoms with van der Waals surface area (Å²) < 4.78 is 44.4. The minimum Gasteiger partial charge on any atom is -0.383 e. The number of hydrogen-bond donors (Lipinski definition) is 3.